The van der Waals surface area contributed by atoms with Crippen molar-refractivity contribution in [3.8, 4) is 28.6 Å². The number of aromatic hydroxyl groups is 2. The van der Waals surface area contributed by atoms with Gasteiger partial charge in [-0.25, -0.2) is 0 Å². The van der Waals surface area contributed by atoms with E-state index in [4.69, 9.17) is 13.9 Å². The highest BCUT2D eigenvalue weighted by molar-refractivity contribution is 5.87. The molecule has 1 saturated heterocycles. The monoisotopic (exact) mass is 432 g/mol. The van der Waals surface area contributed by atoms with E-state index in [9.17, 15) is 35.4 Å². The third-order valence-corrected chi connectivity index (χ3v) is 5.09. The number of benzene rings is 2. The predicted octanol–water partition coefficient (Wildman–Crippen LogP) is 0.0499. The zero-order chi connectivity index (χ0) is 22.3. The topological polar surface area (TPSA) is 170 Å². The Morgan fingerprint density at radius 2 is 1.61 bits per heavy atom. The molecule has 6 N–H and O–H groups in total. The van der Waals surface area contributed by atoms with Gasteiger partial charge in [0.25, 0.3) is 0 Å². The molecular formula is C21H20O10. The van der Waals surface area contributed by atoms with Crippen LogP contribution in [0.2, 0.25) is 0 Å². The largest absolute Gasteiger partial charge is 0.507 e. The standard InChI is InChI=1S/C21H20O10/c22-8-13-15(25)17(27)18(28)21(30-13)31-20-16(26)14-11(24)6-3-7-12(14)29-19(20)9-4-1-2-5-10(9)23/h1-7,13,15,17-18,21-25,27-28H,8H2/t13-,15-,17+,18-,21?/m1/s1. The number of phenols is 2. The Balaban J connectivity index is 1.89. The van der Waals surface area contributed by atoms with Gasteiger partial charge in [0.15, 0.2) is 5.76 Å². The molecule has 31 heavy (non-hydrogen) atoms. The number of hydrogen-bond donors (Lipinski definition) is 6. The van der Waals surface area contributed by atoms with Crippen molar-refractivity contribution in [3.05, 3.63) is 52.7 Å². The smallest absolute Gasteiger partial charge is 0.239 e. The fraction of sp³-hybridized carbons (Fsp3) is 0.286. The average molecular weight is 432 g/mol. The molecule has 1 unspecified atom stereocenters. The number of ether oxygens (including phenoxy) is 2. The highest BCUT2D eigenvalue weighted by Crippen LogP contribution is 2.38. The van der Waals surface area contributed by atoms with Crippen molar-refractivity contribution >= 4 is 11.0 Å². The second-order valence-electron chi connectivity index (χ2n) is 7.07. The van der Waals surface area contributed by atoms with E-state index in [1.54, 1.807) is 12.1 Å². The molecule has 0 aliphatic carbocycles. The summed E-state index contributed by atoms with van der Waals surface area (Å²) < 4.78 is 16.6. The van der Waals surface area contributed by atoms with Gasteiger partial charge in [0.05, 0.1) is 12.2 Å². The molecule has 2 heterocycles. The van der Waals surface area contributed by atoms with Crippen LogP contribution < -0.4 is 10.2 Å². The third-order valence-electron chi connectivity index (χ3n) is 5.09. The van der Waals surface area contributed by atoms with Crippen molar-refractivity contribution in [1.82, 2.24) is 0 Å². The number of aliphatic hydroxyl groups is 4. The SMILES string of the molecule is O=c1c(OC2O[C@H](CO)[C@@H](O)[C@H](O)[C@H]2O)c(-c2ccccc2O)oc2cccc(O)c12. The van der Waals surface area contributed by atoms with E-state index in [0.29, 0.717) is 0 Å². The van der Waals surface area contributed by atoms with Crippen molar-refractivity contribution in [2.75, 3.05) is 6.61 Å². The van der Waals surface area contributed by atoms with Gasteiger partial charge in [-0.1, -0.05) is 18.2 Å². The Morgan fingerprint density at radius 3 is 2.32 bits per heavy atom. The fourth-order valence-electron chi connectivity index (χ4n) is 3.44. The summed E-state index contributed by atoms with van der Waals surface area (Å²) >= 11 is 0. The van der Waals surface area contributed by atoms with Gasteiger partial charge < -0.3 is 44.5 Å². The van der Waals surface area contributed by atoms with E-state index in [1.165, 1.54) is 30.3 Å². The van der Waals surface area contributed by atoms with Crippen LogP contribution in [0.4, 0.5) is 0 Å². The molecule has 0 saturated carbocycles. The molecule has 2 aromatic carbocycles. The molecule has 0 bridgehead atoms. The molecule has 0 amide bonds. The van der Waals surface area contributed by atoms with Gasteiger partial charge in [0, 0.05) is 0 Å². The van der Waals surface area contributed by atoms with Crippen LogP contribution in [0.25, 0.3) is 22.3 Å². The van der Waals surface area contributed by atoms with Crippen LogP contribution in [-0.2, 0) is 4.74 Å². The summed E-state index contributed by atoms with van der Waals surface area (Å²) in [5, 5.41) is 59.8. The minimum absolute atomic E-state index is 0.0180. The predicted molar refractivity (Wildman–Crippen MR) is 106 cm³/mol. The van der Waals surface area contributed by atoms with Crippen molar-refractivity contribution in [1.29, 1.82) is 0 Å². The highest BCUT2D eigenvalue weighted by atomic mass is 16.7. The number of rotatable bonds is 4. The molecule has 0 spiro atoms. The van der Waals surface area contributed by atoms with E-state index < -0.39 is 48.5 Å². The molecule has 1 fully saturated rings. The normalized spacial score (nSPS) is 26.1. The Morgan fingerprint density at radius 1 is 0.903 bits per heavy atom. The zero-order valence-corrected chi connectivity index (χ0v) is 16.0. The zero-order valence-electron chi connectivity index (χ0n) is 16.0. The first kappa shape index (κ1) is 21.1. The van der Waals surface area contributed by atoms with Gasteiger partial charge >= 0.3 is 0 Å². The maximum atomic E-state index is 13.2. The fourth-order valence-corrected chi connectivity index (χ4v) is 3.44. The number of fused-ring (bicyclic) bond motifs is 1. The first-order valence-corrected chi connectivity index (χ1v) is 9.37. The van der Waals surface area contributed by atoms with E-state index in [2.05, 4.69) is 0 Å². The summed E-state index contributed by atoms with van der Waals surface area (Å²) in [5.74, 6) is -1.34. The summed E-state index contributed by atoms with van der Waals surface area (Å²) in [5.41, 5.74) is -0.719. The quantitative estimate of drug-likeness (QED) is 0.331. The molecule has 1 aromatic heterocycles. The van der Waals surface area contributed by atoms with Crippen molar-refractivity contribution in [2.45, 2.75) is 30.7 Å². The summed E-state index contributed by atoms with van der Waals surface area (Å²) in [7, 11) is 0. The molecule has 1 aliphatic rings. The Hall–Kier alpha value is -3.15. The van der Waals surface area contributed by atoms with Crippen LogP contribution >= 0.6 is 0 Å². The minimum atomic E-state index is -1.78. The van der Waals surface area contributed by atoms with Crippen LogP contribution in [0.1, 0.15) is 0 Å². The van der Waals surface area contributed by atoms with E-state index in [-0.39, 0.29) is 33.8 Å². The average Bonchev–Trinajstić information content (AvgIpc) is 2.76. The summed E-state index contributed by atoms with van der Waals surface area (Å²) in [6, 6.07) is 10.1. The molecule has 164 valence electrons. The van der Waals surface area contributed by atoms with Gasteiger partial charge in [0.1, 0.15) is 46.9 Å². The first-order chi connectivity index (χ1) is 14.8. The van der Waals surface area contributed by atoms with E-state index >= 15 is 0 Å². The van der Waals surface area contributed by atoms with E-state index in [1.807, 2.05) is 0 Å². The van der Waals surface area contributed by atoms with Gasteiger partial charge in [-0.3, -0.25) is 4.79 Å². The summed E-state index contributed by atoms with van der Waals surface area (Å²) in [6.07, 6.45) is -8.07. The van der Waals surface area contributed by atoms with Crippen LogP contribution in [0.3, 0.4) is 0 Å². The van der Waals surface area contributed by atoms with Crippen molar-refractivity contribution in [2.24, 2.45) is 0 Å². The molecule has 1 aliphatic heterocycles. The van der Waals surface area contributed by atoms with Crippen LogP contribution in [0.5, 0.6) is 17.2 Å². The molecule has 3 aromatic rings. The lowest BCUT2D eigenvalue weighted by Crippen LogP contribution is -2.60. The molecule has 0 radical (unpaired) electrons. The number of phenolic OH excluding ortho intramolecular Hbond substituents is 2. The molecule has 10 nitrogen and oxygen atoms in total. The maximum Gasteiger partial charge on any atom is 0.239 e. The summed E-state index contributed by atoms with van der Waals surface area (Å²) in [6.45, 7) is -0.690. The Labute approximate surface area is 174 Å². The van der Waals surface area contributed by atoms with Gasteiger partial charge in [-0.05, 0) is 24.3 Å². The first-order valence-electron chi connectivity index (χ1n) is 9.37. The lowest BCUT2D eigenvalue weighted by atomic mass is 9.99. The second kappa shape index (κ2) is 8.17. The molecular weight excluding hydrogens is 412 g/mol. The van der Waals surface area contributed by atoms with Gasteiger partial charge in [-0.15, -0.1) is 0 Å². The van der Waals surface area contributed by atoms with Crippen molar-refractivity contribution < 1.29 is 44.5 Å². The highest BCUT2D eigenvalue weighted by Gasteiger charge is 2.45. The minimum Gasteiger partial charge on any atom is -0.507 e. The lowest BCUT2D eigenvalue weighted by molar-refractivity contribution is -0.277. The number of aliphatic hydroxyl groups excluding tert-OH is 4. The second-order valence-corrected chi connectivity index (χ2v) is 7.07. The third kappa shape index (κ3) is 3.60. The van der Waals surface area contributed by atoms with Gasteiger partial charge in [-0.2, -0.15) is 0 Å². The molecule has 10 heteroatoms. The van der Waals surface area contributed by atoms with Crippen LogP contribution in [-0.4, -0.2) is 68.0 Å². The number of hydrogen-bond acceptors (Lipinski definition) is 10. The van der Waals surface area contributed by atoms with Crippen molar-refractivity contribution in [3.63, 3.8) is 0 Å². The maximum absolute atomic E-state index is 13.2. The van der Waals surface area contributed by atoms with Crippen LogP contribution in [0.15, 0.2) is 51.7 Å². The Kier molecular flexibility index (Phi) is 5.56. The number of para-hydroxylation sites is 1. The van der Waals surface area contributed by atoms with Gasteiger partial charge in [0.2, 0.25) is 17.5 Å². The van der Waals surface area contributed by atoms with Crippen LogP contribution in [0, 0.1) is 0 Å². The Bertz CT molecular complexity index is 1150. The lowest BCUT2D eigenvalue weighted by Gasteiger charge is -2.39. The molecule has 5 atom stereocenters. The summed E-state index contributed by atoms with van der Waals surface area (Å²) in [4.78, 5) is 13.2. The molecule has 4 rings (SSSR count). The van der Waals surface area contributed by atoms with E-state index in [0.717, 1.165) is 0 Å².